The summed E-state index contributed by atoms with van der Waals surface area (Å²) in [5, 5.41) is 8.90. The summed E-state index contributed by atoms with van der Waals surface area (Å²) in [7, 11) is 3.47. The molecule has 1 atom stereocenters. The van der Waals surface area contributed by atoms with Crippen molar-refractivity contribution in [3.63, 3.8) is 0 Å². The first-order chi connectivity index (χ1) is 11.2. The molecule has 1 aromatic carbocycles. The van der Waals surface area contributed by atoms with Crippen LogP contribution in [0.25, 0.3) is 0 Å². The quantitative estimate of drug-likeness (QED) is 0.744. The maximum absolute atomic E-state index is 12.1. The number of rotatable bonds is 9. The van der Waals surface area contributed by atoms with Gasteiger partial charge in [0.2, 0.25) is 5.91 Å². The van der Waals surface area contributed by atoms with E-state index in [4.69, 9.17) is 9.84 Å². The first-order valence-electron chi connectivity index (χ1n) is 8.05. The van der Waals surface area contributed by atoms with Gasteiger partial charge in [0.15, 0.2) is 0 Å². The highest BCUT2D eigenvalue weighted by Crippen LogP contribution is 2.16. The lowest BCUT2D eigenvalue weighted by molar-refractivity contribution is -0.142. The molecule has 24 heavy (non-hydrogen) atoms. The Balaban J connectivity index is 2.37. The highest BCUT2D eigenvalue weighted by atomic mass is 16.5. The van der Waals surface area contributed by atoms with E-state index in [1.807, 2.05) is 26.0 Å². The fraction of sp³-hybridized carbons (Fsp3) is 0.556. The van der Waals surface area contributed by atoms with E-state index in [-0.39, 0.29) is 12.5 Å². The lowest BCUT2D eigenvalue weighted by atomic mass is 10.1. The average Bonchev–Trinajstić information content (AvgIpc) is 2.45. The molecular formula is C18H28N2O4. The van der Waals surface area contributed by atoms with Gasteiger partial charge in [-0.05, 0) is 44.2 Å². The van der Waals surface area contributed by atoms with Crippen LogP contribution in [-0.2, 0) is 9.59 Å². The minimum absolute atomic E-state index is 0.0564. The zero-order chi connectivity index (χ0) is 18.3. The summed E-state index contributed by atoms with van der Waals surface area (Å²) in [6.07, 6.45) is 0. The van der Waals surface area contributed by atoms with Gasteiger partial charge in [-0.3, -0.25) is 14.5 Å². The predicted molar refractivity (Wildman–Crippen MR) is 93.3 cm³/mol. The van der Waals surface area contributed by atoms with Gasteiger partial charge in [-0.1, -0.05) is 13.0 Å². The fourth-order valence-electron chi connectivity index (χ4n) is 2.40. The van der Waals surface area contributed by atoms with E-state index in [2.05, 4.69) is 6.07 Å². The van der Waals surface area contributed by atoms with E-state index in [1.165, 1.54) is 0 Å². The molecule has 0 aliphatic rings. The highest BCUT2D eigenvalue weighted by Gasteiger charge is 2.17. The molecule has 1 N–H and O–H groups in total. The number of hydrogen-bond acceptors (Lipinski definition) is 4. The molecule has 0 aliphatic carbocycles. The van der Waals surface area contributed by atoms with Crippen molar-refractivity contribution in [1.82, 2.24) is 9.80 Å². The van der Waals surface area contributed by atoms with Crippen LogP contribution in [0.15, 0.2) is 18.2 Å². The van der Waals surface area contributed by atoms with E-state index >= 15 is 0 Å². The van der Waals surface area contributed by atoms with Crippen molar-refractivity contribution >= 4 is 11.9 Å². The van der Waals surface area contributed by atoms with Gasteiger partial charge in [0.1, 0.15) is 12.4 Å². The van der Waals surface area contributed by atoms with Crippen molar-refractivity contribution in [3.8, 4) is 5.75 Å². The number of likely N-dealkylation sites (N-methyl/N-ethyl adjacent to an activating group) is 2. The Morgan fingerprint density at radius 2 is 1.75 bits per heavy atom. The molecule has 0 aromatic heterocycles. The summed E-state index contributed by atoms with van der Waals surface area (Å²) in [6.45, 7) is 7.10. The first kappa shape index (κ1) is 20.0. The second kappa shape index (κ2) is 9.27. The Hall–Kier alpha value is -2.08. The number of benzene rings is 1. The number of aryl methyl sites for hydroxylation is 2. The van der Waals surface area contributed by atoms with Gasteiger partial charge in [0, 0.05) is 13.6 Å². The largest absolute Gasteiger partial charge is 0.492 e. The number of nitrogens with zero attached hydrogens (tertiary/aromatic N) is 2. The molecule has 1 amide bonds. The van der Waals surface area contributed by atoms with E-state index < -0.39 is 11.9 Å². The third-order valence-corrected chi connectivity index (χ3v) is 3.73. The standard InChI is InChI=1S/C18H28N2O4/c1-13-8-14(2)10-16(9-13)24-7-6-20(5)17(21)12-19(4)11-15(3)18(22)23/h8-10,15H,6-7,11-12H2,1-5H3,(H,22,23). The van der Waals surface area contributed by atoms with Crippen LogP contribution in [0.3, 0.4) is 0 Å². The Kier molecular flexibility index (Phi) is 7.71. The molecule has 1 aromatic rings. The SMILES string of the molecule is Cc1cc(C)cc(OCCN(C)C(=O)CN(C)CC(C)C(=O)O)c1. The summed E-state index contributed by atoms with van der Waals surface area (Å²) < 4.78 is 5.70. The van der Waals surface area contributed by atoms with Crippen molar-refractivity contribution in [2.24, 2.45) is 5.92 Å². The second-order valence-corrected chi connectivity index (χ2v) is 6.42. The van der Waals surface area contributed by atoms with Crippen LogP contribution >= 0.6 is 0 Å². The molecule has 6 heteroatoms. The van der Waals surface area contributed by atoms with Crippen LogP contribution in [0.4, 0.5) is 0 Å². The van der Waals surface area contributed by atoms with Crippen LogP contribution in [0.5, 0.6) is 5.75 Å². The summed E-state index contributed by atoms with van der Waals surface area (Å²) >= 11 is 0. The fourth-order valence-corrected chi connectivity index (χ4v) is 2.40. The van der Waals surface area contributed by atoms with Gasteiger partial charge in [-0.2, -0.15) is 0 Å². The number of carbonyl (C=O) groups excluding carboxylic acids is 1. The van der Waals surface area contributed by atoms with Crippen molar-refractivity contribution < 1.29 is 19.4 Å². The number of amides is 1. The summed E-state index contributed by atoms with van der Waals surface area (Å²) in [6, 6.07) is 6.02. The monoisotopic (exact) mass is 336 g/mol. The van der Waals surface area contributed by atoms with Gasteiger partial charge in [0.05, 0.1) is 19.0 Å². The van der Waals surface area contributed by atoms with E-state index in [9.17, 15) is 9.59 Å². The zero-order valence-electron chi connectivity index (χ0n) is 15.2. The zero-order valence-corrected chi connectivity index (χ0v) is 15.2. The number of hydrogen-bond donors (Lipinski definition) is 1. The van der Waals surface area contributed by atoms with Crippen molar-refractivity contribution in [2.75, 3.05) is 40.3 Å². The number of aliphatic carboxylic acids is 1. The molecule has 134 valence electrons. The molecular weight excluding hydrogens is 308 g/mol. The van der Waals surface area contributed by atoms with Gasteiger partial charge in [0.25, 0.3) is 0 Å². The maximum Gasteiger partial charge on any atom is 0.307 e. The van der Waals surface area contributed by atoms with Crippen LogP contribution in [-0.4, -0.2) is 67.1 Å². The molecule has 0 bridgehead atoms. The van der Waals surface area contributed by atoms with Gasteiger partial charge >= 0.3 is 5.97 Å². The third-order valence-electron chi connectivity index (χ3n) is 3.73. The number of carbonyl (C=O) groups is 2. The summed E-state index contributed by atoms with van der Waals surface area (Å²) in [5.74, 6) is -0.606. The minimum Gasteiger partial charge on any atom is -0.492 e. The molecule has 0 aliphatic heterocycles. The number of ether oxygens (including phenoxy) is 1. The molecule has 0 spiro atoms. The maximum atomic E-state index is 12.1. The minimum atomic E-state index is -0.857. The smallest absolute Gasteiger partial charge is 0.307 e. The van der Waals surface area contributed by atoms with E-state index in [1.54, 1.807) is 30.8 Å². The predicted octanol–water partition coefficient (Wildman–Crippen LogP) is 1.79. The highest BCUT2D eigenvalue weighted by molar-refractivity contribution is 5.78. The molecule has 0 radical (unpaired) electrons. The van der Waals surface area contributed by atoms with Crippen molar-refractivity contribution in [3.05, 3.63) is 29.3 Å². The van der Waals surface area contributed by atoms with E-state index in [0.29, 0.717) is 19.7 Å². The van der Waals surface area contributed by atoms with Crippen molar-refractivity contribution in [2.45, 2.75) is 20.8 Å². The Labute approximate surface area is 144 Å². The van der Waals surface area contributed by atoms with Gasteiger partial charge < -0.3 is 14.7 Å². The van der Waals surface area contributed by atoms with Gasteiger partial charge in [-0.15, -0.1) is 0 Å². The molecule has 0 heterocycles. The molecule has 0 fully saturated rings. The summed E-state index contributed by atoms with van der Waals surface area (Å²) in [4.78, 5) is 26.3. The van der Waals surface area contributed by atoms with Crippen LogP contribution < -0.4 is 4.74 Å². The second-order valence-electron chi connectivity index (χ2n) is 6.42. The topological polar surface area (TPSA) is 70.1 Å². The molecule has 1 rings (SSSR count). The van der Waals surface area contributed by atoms with Crippen LogP contribution in [0.2, 0.25) is 0 Å². The van der Waals surface area contributed by atoms with Crippen LogP contribution in [0.1, 0.15) is 18.1 Å². The Bertz CT molecular complexity index is 554. The number of carboxylic acids is 1. The number of carboxylic acid groups (broad SMARTS) is 1. The normalized spacial score (nSPS) is 12.1. The lowest BCUT2D eigenvalue weighted by Gasteiger charge is -2.23. The first-order valence-corrected chi connectivity index (χ1v) is 8.05. The van der Waals surface area contributed by atoms with Crippen molar-refractivity contribution in [1.29, 1.82) is 0 Å². The van der Waals surface area contributed by atoms with Gasteiger partial charge in [-0.25, -0.2) is 0 Å². The van der Waals surface area contributed by atoms with Crippen LogP contribution in [0, 0.1) is 19.8 Å². The summed E-state index contributed by atoms with van der Waals surface area (Å²) in [5.41, 5.74) is 2.28. The molecule has 0 saturated heterocycles. The Morgan fingerprint density at radius 1 is 1.17 bits per heavy atom. The van der Waals surface area contributed by atoms with E-state index in [0.717, 1.165) is 16.9 Å². The Morgan fingerprint density at radius 3 is 2.29 bits per heavy atom. The molecule has 0 saturated carbocycles. The lowest BCUT2D eigenvalue weighted by Crippen LogP contribution is -2.40. The molecule has 6 nitrogen and oxygen atoms in total. The third kappa shape index (κ3) is 7.00. The average molecular weight is 336 g/mol. The molecule has 1 unspecified atom stereocenters.